The third-order valence-corrected chi connectivity index (χ3v) is 1.74. The molecule has 0 aromatic heterocycles. The van der Waals surface area contributed by atoms with Crippen molar-refractivity contribution in [1.29, 1.82) is 0 Å². The van der Waals surface area contributed by atoms with Gasteiger partial charge in [0.25, 0.3) is 0 Å². The number of alkyl halides is 1. The van der Waals surface area contributed by atoms with E-state index in [9.17, 15) is 4.79 Å². The smallest absolute Gasteiger partial charge is 0.308 e. The van der Waals surface area contributed by atoms with Gasteiger partial charge < -0.3 is 9.47 Å². The molecule has 0 rings (SSSR count). The Morgan fingerprint density at radius 3 is 2.36 bits per heavy atom. The summed E-state index contributed by atoms with van der Waals surface area (Å²) < 4.78 is 10.4. The maximum atomic E-state index is 11.1. The summed E-state index contributed by atoms with van der Waals surface area (Å²) in [4.78, 5) is 11.1. The first-order chi connectivity index (χ1) is 6.39. The zero-order valence-corrected chi connectivity index (χ0v) is 10.1. The lowest BCUT2D eigenvalue weighted by molar-refractivity contribution is -0.148. The Hall–Kier alpha value is -0.280. The molecule has 0 aliphatic carbocycles. The molecule has 0 heterocycles. The number of rotatable bonds is 5. The highest BCUT2D eigenvalue weighted by atomic mass is 35.5. The average molecular weight is 223 g/mol. The van der Waals surface area contributed by atoms with Crippen molar-refractivity contribution in [2.24, 2.45) is 0 Å². The number of hydrogen-bond donors (Lipinski definition) is 0. The predicted molar refractivity (Wildman–Crippen MR) is 56.6 cm³/mol. The Morgan fingerprint density at radius 2 is 2.00 bits per heavy atom. The van der Waals surface area contributed by atoms with Crippen molar-refractivity contribution < 1.29 is 14.3 Å². The fourth-order valence-corrected chi connectivity index (χ4v) is 1.21. The van der Waals surface area contributed by atoms with Gasteiger partial charge >= 0.3 is 5.97 Å². The number of ether oxygens (including phenoxy) is 2. The van der Waals surface area contributed by atoms with E-state index in [2.05, 4.69) is 0 Å². The van der Waals surface area contributed by atoms with Gasteiger partial charge in [0.05, 0.1) is 24.7 Å². The standard InChI is InChI=1S/C10H19ClO3/c1-5-13-9(12)6-8(7-11)14-10(2,3)4/h8H,5-7H2,1-4H3/t8-/m0/s1. The third kappa shape index (κ3) is 7.15. The Labute approximate surface area is 90.7 Å². The van der Waals surface area contributed by atoms with E-state index in [4.69, 9.17) is 21.1 Å². The number of hydrogen-bond acceptors (Lipinski definition) is 3. The quantitative estimate of drug-likeness (QED) is 0.529. The van der Waals surface area contributed by atoms with E-state index in [1.807, 2.05) is 20.8 Å². The Morgan fingerprint density at radius 1 is 1.43 bits per heavy atom. The van der Waals surface area contributed by atoms with Crippen molar-refractivity contribution in [3.05, 3.63) is 0 Å². The van der Waals surface area contributed by atoms with Crippen LogP contribution in [0.3, 0.4) is 0 Å². The Kier molecular flexibility index (Phi) is 6.12. The van der Waals surface area contributed by atoms with E-state index in [1.54, 1.807) is 6.92 Å². The number of halogens is 1. The molecule has 0 aliphatic rings. The average Bonchev–Trinajstić information content (AvgIpc) is 2.01. The zero-order valence-electron chi connectivity index (χ0n) is 9.30. The molecule has 0 bridgehead atoms. The van der Waals surface area contributed by atoms with Crippen molar-refractivity contribution in [2.75, 3.05) is 12.5 Å². The molecule has 0 amide bonds. The second-order valence-electron chi connectivity index (χ2n) is 4.02. The fraction of sp³-hybridized carbons (Fsp3) is 0.900. The number of esters is 1. The number of carbonyl (C=O) groups is 1. The van der Waals surface area contributed by atoms with Crippen LogP contribution in [0.5, 0.6) is 0 Å². The van der Waals surface area contributed by atoms with Gasteiger partial charge in [0.2, 0.25) is 0 Å². The predicted octanol–water partition coefficient (Wildman–Crippen LogP) is 2.36. The third-order valence-electron chi connectivity index (χ3n) is 1.39. The lowest BCUT2D eigenvalue weighted by Gasteiger charge is -2.25. The first-order valence-corrected chi connectivity index (χ1v) is 5.32. The van der Waals surface area contributed by atoms with Gasteiger partial charge in [0, 0.05) is 5.88 Å². The van der Waals surface area contributed by atoms with Crippen molar-refractivity contribution >= 4 is 17.6 Å². The van der Waals surface area contributed by atoms with Crippen molar-refractivity contribution in [3.63, 3.8) is 0 Å². The van der Waals surface area contributed by atoms with Crippen LogP contribution in [0, 0.1) is 0 Å². The molecular formula is C10H19ClO3. The van der Waals surface area contributed by atoms with E-state index in [-0.39, 0.29) is 24.1 Å². The number of carbonyl (C=O) groups excluding carboxylic acids is 1. The van der Waals surface area contributed by atoms with Crippen molar-refractivity contribution in [3.8, 4) is 0 Å². The second kappa shape index (κ2) is 6.25. The highest BCUT2D eigenvalue weighted by Crippen LogP contribution is 2.14. The summed E-state index contributed by atoms with van der Waals surface area (Å²) in [6, 6.07) is 0. The molecule has 0 saturated carbocycles. The SMILES string of the molecule is CCOC(=O)C[C@@H](CCl)OC(C)(C)C. The molecule has 0 N–H and O–H groups in total. The summed E-state index contributed by atoms with van der Waals surface area (Å²) in [5.41, 5.74) is -0.286. The molecule has 0 fully saturated rings. The molecule has 0 saturated heterocycles. The first kappa shape index (κ1) is 13.7. The minimum atomic E-state index is -0.286. The van der Waals surface area contributed by atoms with Crippen molar-refractivity contribution in [1.82, 2.24) is 0 Å². The van der Waals surface area contributed by atoms with E-state index in [1.165, 1.54) is 0 Å². The van der Waals surface area contributed by atoms with Gasteiger partial charge in [-0.2, -0.15) is 0 Å². The van der Waals surface area contributed by atoms with Crippen LogP contribution in [-0.2, 0) is 14.3 Å². The minimum Gasteiger partial charge on any atom is -0.466 e. The lowest BCUT2D eigenvalue weighted by Crippen LogP contribution is -2.30. The first-order valence-electron chi connectivity index (χ1n) is 4.78. The summed E-state index contributed by atoms with van der Waals surface area (Å²) in [7, 11) is 0. The molecule has 0 radical (unpaired) electrons. The molecular weight excluding hydrogens is 204 g/mol. The van der Waals surface area contributed by atoms with Gasteiger partial charge in [-0.05, 0) is 27.7 Å². The van der Waals surface area contributed by atoms with E-state index < -0.39 is 0 Å². The fourth-order valence-electron chi connectivity index (χ4n) is 1.03. The van der Waals surface area contributed by atoms with Crippen LogP contribution in [0.4, 0.5) is 0 Å². The largest absolute Gasteiger partial charge is 0.466 e. The van der Waals surface area contributed by atoms with Crippen molar-refractivity contribution in [2.45, 2.75) is 45.8 Å². The molecule has 1 atom stereocenters. The molecule has 0 aromatic rings. The monoisotopic (exact) mass is 222 g/mol. The molecule has 3 nitrogen and oxygen atoms in total. The molecule has 0 spiro atoms. The summed E-state index contributed by atoms with van der Waals surface area (Å²) in [6.07, 6.45) is -0.0510. The van der Waals surface area contributed by atoms with Crippen LogP contribution in [0.1, 0.15) is 34.1 Å². The van der Waals surface area contributed by atoms with Gasteiger partial charge in [0.15, 0.2) is 0 Å². The Bertz CT molecular complexity index is 175. The van der Waals surface area contributed by atoms with Crippen LogP contribution in [-0.4, -0.2) is 30.2 Å². The molecule has 84 valence electrons. The molecule has 4 heteroatoms. The summed E-state index contributed by atoms with van der Waals surface area (Å²) in [5, 5.41) is 0. The van der Waals surface area contributed by atoms with Crippen LogP contribution < -0.4 is 0 Å². The van der Waals surface area contributed by atoms with Gasteiger partial charge in [-0.15, -0.1) is 11.6 Å². The van der Waals surface area contributed by atoms with Crippen LogP contribution in [0.15, 0.2) is 0 Å². The molecule has 0 aromatic carbocycles. The van der Waals surface area contributed by atoms with Crippen LogP contribution in [0.2, 0.25) is 0 Å². The van der Waals surface area contributed by atoms with E-state index in [0.717, 1.165) is 0 Å². The summed E-state index contributed by atoms with van der Waals surface area (Å²) in [6.45, 7) is 7.95. The van der Waals surface area contributed by atoms with Crippen LogP contribution in [0.25, 0.3) is 0 Å². The normalized spacial score (nSPS) is 13.8. The van der Waals surface area contributed by atoms with Gasteiger partial charge in [0.1, 0.15) is 0 Å². The van der Waals surface area contributed by atoms with Gasteiger partial charge in [-0.1, -0.05) is 0 Å². The minimum absolute atomic E-state index is 0.217. The summed E-state index contributed by atoms with van der Waals surface area (Å²) >= 11 is 5.69. The zero-order chi connectivity index (χ0) is 11.2. The highest BCUT2D eigenvalue weighted by Gasteiger charge is 2.21. The lowest BCUT2D eigenvalue weighted by atomic mass is 10.1. The topological polar surface area (TPSA) is 35.5 Å². The van der Waals surface area contributed by atoms with E-state index >= 15 is 0 Å². The van der Waals surface area contributed by atoms with Gasteiger partial charge in [-0.3, -0.25) is 4.79 Å². The second-order valence-corrected chi connectivity index (χ2v) is 4.32. The molecule has 14 heavy (non-hydrogen) atoms. The highest BCUT2D eigenvalue weighted by molar-refractivity contribution is 6.18. The molecule has 0 aliphatic heterocycles. The Balaban J connectivity index is 3.97. The van der Waals surface area contributed by atoms with E-state index in [0.29, 0.717) is 12.5 Å². The van der Waals surface area contributed by atoms with Crippen LogP contribution >= 0.6 is 11.6 Å². The maximum Gasteiger partial charge on any atom is 0.308 e. The summed E-state index contributed by atoms with van der Waals surface area (Å²) in [5.74, 6) is 0.0400. The molecule has 0 unspecified atom stereocenters. The van der Waals surface area contributed by atoms with Gasteiger partial charge in [-0.25, -0.2) is 0 Å². The maximum absolute atomic E-state index is 11.1.